The summed E-state index contributed by atoms with van der Waals surface area (Å²) in [4.78, 5) is 0. The second-order valence-electron chi connectivity index (χ2n) is 1.71. The lowest BCUT2D eigenvalue weighted by Gasteiger charge is -1.88. The molecule has 0 saturated heterocycles. The van der Waals surface area contributed by atoms with Gasteiger partial charge in [0.15, 0.2) is 5.82 Å². The van der Waals surface area contributed by atoms with Gasteiger partial charge in [-0.3, -0.25) is 0 Å². The molecule has 0 aliphatic heterocycles. The van der Waals surface area contributed by atoms with Gasteiger partial charge in [-0.05, 0) is 16.8 Å². The minimum absolute atomic E-state index is 0.721. The smallest absolute Gasteiger partial charge is 0.136 e. The average molecular weight is 147 g/mol. The summed E-state index contributed by atoms with van der Waals surface area (Å²) in [7, 11) is 0. The first-order chi connectivity index (χ1) is 4.34. The second kappa shape index (κ2) is 2.77. The number of aromatic nitrogens is 4. The highest BCUT2D eigenvalue weighted by Crippen LogP contribution is 1.96. The number of rotatable bonds is 2. The van der Waals surface area contributed by atoms with Crippen LogP contribution in [0.15, 0.2) is 0 Å². The van der Waals surface area contributed by atoms with Gasteiger partial charge < -0.3 is 0 Å². The van der Waals surface area contributed by atoms with Crippen LogP contribution < -0.4 is 0 Å². The quantitative estimate of drug-likeness (QED) is 0.615. The first-order valence-electron chi connectivity index (χ1n) is 2.78. The predicted octanol–water partition coefficient (Wildman–Crippen LogP) is 0.627. The number of hydrogen-bond acceptors (Lipinski definition) is 3. The van der Waals surface area contributed by atoms with Crippen LogP contribution in [-0.2, 0) is 6.42 Å². The highest BCUT2D eigenvalue weighted by molar-refractivity contribution is 6.14. The summed E-state index contributed by atoms with van der Waals surface area (Å²) in [6.07, 6.45) is 1.84. The van der Waals surface area contributed by atoms with E-state index in [1.54, 1.807) is 0 Å². The van der Waals surface area contributed by atoms with Crippen molar-refractivity contribution in [2.75, 3.05) is 0 Å². The number of halogens is 1. The standard InChI is InChI=1S/C4H7ClN4/c1-2-3-4-6-7-8-9(4)5/h2-3H2,1H3. The van der Waals surface area contributed by atoms with Crippen molar-refractivity contribution in [3.05, 3.63) is 5.82 Å². The minimum Gasteiger partial charge on any atom is -0.136 e. The summed E-state index contributed by atoms with van der Waals surface area (Å²) in [5.74, 6) is 0.721. The highest BCUT2D eigenvalue weighted by Gasteiger charge is 1.99. The molecule has 9 heavy (non-hydrogen) atoms. The van der Waals surface area contributed by atoms with Gasteiger partial charge in [0.1, 0.15) is 0 Å². The Kier molecular flexibility index (Phi) is 2.00. The Labute approximate surface area is 57.9 Å². The summed E-state index contributed by atoms with van der Waals surface area (Å²) in [5, 5.41) is 10.5. The average Bonchev–Trinajstić information content (AvgIpc) is 2.18. The number of nitrogens with zero attached hydrogens (tertiary/aromatic N) is 4. The van der Waals surface area contributed by atoms with Crippen LogP contribution in [0.3, 0.4) is 0 Å². The zero-order chi connectivity index (χ0) is 6.69. The summed E-state index contributed by atoms with van der Waals surface area (Å²) < 4.78 is 1.17. The van der Waals surface area contributed by atoms with Gasteiger partial charge in [-0.1, -0.05) is 6.92 Å². The van der Waals surface area contributed by atoms with Crippen LogP contribution >= 0.6 is 11.8 Å². The fraction of sp³-hybridized carbons (Fsp3) is 0.750. The molecule has 1 aromatic rings. The van der Waals surface area contributed by atoms with Gasteiger partial charge in [0.25, 0.3) is 0 Å². The minimum atomic E-state index is 0.721. The number of hydrogen-bond donors (Lipinski definition) is 0. The molecule has 0 aliphatic rings. The SMILES string of the molecule is CCCc1nnnn1Cl. The molecule has 0 aliphatic carbocycles. The monoisotopic (exact) mass is 146 g/mol. The molecular formula is C4H7ClN4. The molecule has 0 unspecified atom stereocenters. The zero-order valence-corrected chi connectivity index (χ0v) is 5.84. The van der Waals surface area contributed by atoms with Crippen molar-refractivity contribution in [3.63, 3.8) is 0 Å². The lowest BCUT2D eigenvalue weighted by Crippen LogP contribution is -1.92. The maximum Gasteiger partial charge on any atom is 0.169 e. The van der Waals surface area contributed by atoms with Crippen molar-refractivity contribution < 1.29 is 0 Å². The van der Waals surface area contributed by atoms with E-state index in [-0.39, 0.29) is 0 Å². The van der Waals surface area contributed by atoms with E-state index in [9.17, 15) is 0 Å². The molecule has 1 aromatic heterocycles. The van der Waals surface area contributed by atoms with E-state index in [4.69, 9.17) is 11.8 Å². The predicted molar refractivity (Wildman–Crippen MR) is 33.1 cm³/mol. The second-order valence-corrected chi connectivity index (χ2v) is 2.03. The van der Waals surface area contributed by atoms with E-state index in [1.165, 1.54) is 4.20 Å². The van der Waals surface area contributed by atoms with Crippen molar-refractivity contribution >= 4 is 11.8 Å². The topological polar surface area (TPSA) is 43.6 Å². The van der Waals surface area contributed by atoms with Crippen LogP contribution in [0.4, 0.5) is 0 Å². The van der Waals surface area contributed by atoms with Gasteiger partial charge in [0, 0.05) is 18.2 Å². The zero-order valence-electron chi connectivity index (χ0n) is 5.08. The fourth-order valence-corrected chi connectivity index (χ4v) is 0.710. The van der Waals surface area contributed by atoms with Gasteiger partial charge in [-0.2, -0.15) is 0 Å². The third-order valence-electron chi connectivity index (χ3n) is 0.965. The van der Waals surface area contributed by atoms with Crippen molar-refractivity contribution in [1.82, 2.24) is 19.7 Å². The first-order valence-corrected chi connectivity index (χ1v) is 3.11. The van der Waals surface area contributed by atoms with Crippen molar-refractivity contribution in [2.24, 2.45) is 0 Å². The molecule has 0 bridgehead atoms. The van der Waals surface area contributed by atoms with Crippen LogP contribution in [0.25, 0.3) is 0 Å². The van der Waals surface area contributed by atoms with E-state index in [2.05, 4.69) is 15.5 Å². The van der Waals surface area contributed by atoms with Crippen LogP contribution in [0, 0.1) is 0 Å². The number of aryl methyl sites for hydroxylation is 1. The summed E-state index contributed by atoms with van der Waals surface area (Å²) in [6, 6.07) is 0. The molecule has 1 heterocycles. The molecule has 0 amide bonds. The lowest BCUT2D eigenvalue weighted by molar-refractivity contribution is 0.805. The van der Waals surface area contributed by atoms with Gasteiger partial charge in [-0.25, -0.2) is 0 Å². The Morgan fingerprint density at radius 2 is 2.44 bits per heavy atom. The van der Waals surface area contributed by atoms with Crippen molar-refractivity contribution in [3.8, 4) is 0 Å². The largest absolute Gasteiger partial charge is 0.169 e. The molecule has 5 heteroatoms. The Balaban J connectivity index is 2.69. The normalized spacial score (nSPS) is 10.0. The van der Waals surface area contributed by atoms with E-state index in [0.29, 0.717) is 0 Å². The Morgan fingerprint density at radius 1 is 1.67 bits per heavy atom. The first kappa shape index (κ1) is 6.48. The third kappa shape index (κ3) is 1.38. The van der Waals surface area contributed by atoms with Crippen LogP contribution in [0.2, 0.25) is 0 Å². The third-order valence-corrected chi connectivity index (χ3v) is 1.23. The Morgan fingerprint density at radius 3 is 2.89 bits per heavy atom. The van der Waals surface area contributed by atoms with Crippen LogP contribution in [0.5, 0.6) is 0 Å². The van der Waals surface area contributed by atoms with Crippen LogP contribution in [0.1, 0.15) is 19.2 Å². The molecule has 0 saturated carbocycles. The fourth-order valence-electron chi connectivity index (χ4n) is 0.561. The molecule has 0 atom stereocenters. The number of tetrazole rings is 1. The molecule has 50 valence electrons. The Hall–Kier alpha value is -0.640. The van der Waals surface area contributed by atoms with Gasteiger partial charge in [0.05, 0.1) is 0 Å². The molecule has 0 fully saturated rings. The summed E-state index contributed by atoms with van der Waals surface area (Å²) >= 11 is 5.50. The van der Waals surface area contributed by atoms with E-state index >= 15 is 0 Å². The Bertz CT molecular complexity index is 184. The molecule has 1 rings (SSSR count). The van der Waals surface area contributed by atoms with E-state index < -0.39 is 0 Å². The molecular weight excluding hydrogens is 140 g/mol. The molecule has 0 spiro atoms. The van der Waals surface area contributed by atoms with Crippen molar-refractivity contribution in [2.45, 2.75) is 19.8 Å². The molecule has 4 nitrogen and oxygen atoms in total. The van der Waals surface area contributed by atoms with E-state index in [0.717, 1.165) is 18.7 Å². The van der Waals surface area contributed by atoms with Crippen LogP contribution in [-0.4, -0.2) is 19.7 Å². The summed E-state index contributed by atoms with van der Waals surface area (Å²) in [6.45, 7) is 2.05. The van der Waals surface area contributed by atoms with Gasteiger partial charge in [-0.15, -0.1) is 9.30 Å². The molecule has 0 N–H and O–H groups in total. The highest BCUT2D eigenvalue weighted by atomic mass is 35.5. The maximum atomic E-state index is 5.50. The summed E-state index contributed by atoms with van der Waals surface area (Å²) in [5.41, 5.74) is 0. The van der Waals surface area contributed by atoms with Crippen molar-refractivity contribution in [1.29, 1.82) is 0 Å². The van der Waals surface area contributed by atoms with Gasteiger partial charge in [0.2, 0.25) is 0 Å². The lowest BCUT2D eigenvalue weighted by atomic mass is 10.3. The molecule has 0 radical (unpaired) electrons. The van der Waals surface area contributed by atoms with Gasteiger partial charge >= 0.3 is 0 Å². The maximum absolute atomic E-state index is 5.50. The van der Waals surface area contributed by atoms with E-state index in [1.807, 2.05) is 6.92 Å². The molecule has 0 aromatic carbocycles.